The molecule has 0 atom stereocenters. The summed E-state index contributed by atoms with van der Waals surface area (Å²) in [7, 11) is 1.79. The van der Waals surface area contributed by atoms with Crippen LogP contribution < -0.4 is 5.32 Å². The Morgan fingerprint density at radius 2 is 2.04 bits per heavy atom. The number of aromatic nitrogens is 5. The standard InChI is InChI=1S/C16H14N6O2S/c1-8-13(25-9(2)17-8)15-19-20-16(24-15)18-14(23)12-10-6-4-5-7-11(10)22(3)21-12/h4-7H,1-3H3,(H,18,20,23). The number of para-hydroxylation sites is 1. The second kappa shape index (κ2) is 5.78. The Kier molecular flexibility index (Phi) is 3.57. The molecule has 0 unspecified atom stereocenters. The molecule has 0 bridgehead atoms. The Morgan fingerprint density at radius 3 is 2.80 bits per heavy atom. The zero-order valence-corrected chi connectivity index (χ0v) is 14.6. The summed E-state index contributed by atoms with van der Waals surface area (Å²) in [5.74, 6) is -0.0616. The lowest BCUT2D eigenvalue weighted by molar-refractivity contribution is 0.102. The molecule has 0 radical (unpaired) electrons. The number of anilines is 1. The van der Waals surface area contributed by atoms with Gasteiger partial charge < -0.3 is 4.42 Å². The predicted molar refractivity (Wildman–Crippen MR) is 93.5 cm³/mol. The lowest BCUT2D eigenvalue weighted by Gasteiger charge is -1.97. The van der Waals surface area contributed by atoms with Gasteiger partial charge in [0.25, 0.3) is 11.8 Å². The fraction of sp³-hybridized carbons (Fsp3) is 0.188. The quantitative estimate of drug-likeness (QED) is 0.607. The van der Waals surface area contributed by atoms with Gasteiger partial charge in [0.1, 0.15) is 4.88 Å². The number of thiazole rings is 1. The summed E-state index contributed by atoms with van der Waals surface area (Å²) in [4.78, 5) is 17.7. The molecule has 0 fully saturated rings. The zero-order valence-electron chi connectivity index (χ0n) is 13.8. The first-order valence-electron chi connectivity index (χ1n) is 7.54. The van der Waals surface area contributed by atoms with E-state index in [9.17, 15) is 4.79 Å². The third-order valence-electron chi connectivity index (χ3n) is 3.72. The fourth-order valence-corrected chi connectivity index (χ4v) is 3.47. The van der Waals surface area contributed by atoms with Crippen LogP contribution in [-0.4, -0.2) is 30.9 Å². The van der Waals surface area contributed by atoms with Gasteiger partial charge in [-0.3, -0.25) is 14.8 Å². The highest BCUT2D eigenvalue weighted by molar-refractivity contribution is 7.15. The van der Waals surface area contributed by atoms with Crippen LogP contribution in [0.2, 0.25) is 0 Å². The Bertz CT molecular complexity index is 1090. The van der Waals surface area contributed by atoms with E-state index in [1.165, 1.54) is 11.3 Å². The summed E-state index contributed by atoms with van der Waals surface area (Å²) in [6, 6.07) is 7.54. The number of carbonyl (C=O) groups excluding carboxylic acids is 1. The number of amides is 1. The Morgan fingerprint density at radius 1 is 1.24 bits per heavy atom. The summed E-state index contributed by atoms with van der Waals surface area (Å²) in [6.45, 7) is 3.79. The normalized spacial score (nSPS) is 11.2. The first kappa shape index (κ1) is 15.5. The van der Waals surface area contributed by atoms with Crippen LogP contribution in [0.5, 0.6) is 0 Å². The summed E-state index contributed by atoms with van der Waals surface area (Å²) >= 11 is 1.47. The van der Waals surface area contributed by atoms with Gasteiger partial charge in [0.2, 0.25) is 0 Å². The number of nitrogens with zero attached hydrogens (tertiary/aromatic N) is 5. The number of aryl methyl sites for hydroxylation is 3. The van der Waals surface area contributed by atoms with E-state index in [4.69, 9.17) is 4.42 Å². The molecule has 0 aliphatic heterocycles. The number of nitrogens with one attached hydrogen (secondary N) is 1. The van der Waals surface area contributed by atoms with Gasteiger partial charge >= 0.3 is 6.01 Å². The molecule has 3 aromatic heterocycles. The van der Waals surface area contributed by atoms with Crippen LogP contribution in [0, 0.1) is 13.8 Å². The minimum atomic E-state index is -0.399. The van der Waals surface area contributed by atoms with Crippen LogP contribution in [0.4, 0.5) is 6.01 Å². The maximum absolute atomic E-state index is 12.5. The Labute approximate surface area is 146 Å². The van der Waals surface area contributed by atoms with Crippen molar-refractivity contribution < 1.29 is 9.21 Å². The molecule has 9 heteroatoms. The number of hydrogen-bond acceptors (Lipinski definition) is 7. The summed E-state index contributed by atoms with van der Waals surface area (Å²) in [6.07, 6.45) is 0. The molecule has 1 amide bonds. The largest absolute Gasteiger partial charge is 0.402 e. The third kappa shape index (κ3) is 2.68. The average Bonchev–Trinajstić information content (AvgIpc) is 3.26. The molecule has 126 valence electrons. The molecule has 8 nitrogen and oxygen atoms in total. The maximum atomic E-state index is 12.5. The topological polar surface area (TPSA) is 98.7 Å². The van der Waals surface area contributed by atoms with Crippen LogP contribution in [0.1, 0.15) is 21.2 Å². The summed E-state index contributed by atoms with van der Waals surface area (Å²) < 4.78 is 7.22. The second-order valence-corrected chi connectivity index (χ2v) is 6.71. The van der Waals surface area contributed by atoms with E-state index in [1.807, 2.05) is 38.1 Å². The Hall–Kier alpha value is -3.07. The number of carbonyl (C=O) groups is 1. The molecule has 0 saturated heterocycles. The summed E-state index contributed by atoms with van der Waals surface area (Å²) in [5, 5.41) is 16.4. The van der Waals surface area contributed by atoms with Crippen molar-refractivity contribution in [2.75, 3.05) is 5.32 Å². The highest BCUT2D eigenvalue weighted by Gasteiger charge is 2.20. The van der Waals surface area contributed by atoms with Gasteiger partial charge in [-0.25, -0.2) is 4.98 Å². The monoisotopic (exact) mass is 354 g/mol. The lowest BCUT2D eigenvalue weighted by atomic mass is 10.2. The molecule has 25 heavy (non-hydrogen) atoms. The van der Waals surface area contributed by atoms with Crippen molar-refractivity contribution in [3.8, 4) is 10.8 Å². The molecule has 1 aromatic carbocycles. The van der Waals surface area contributed by atoms with Gasteiger partial charge in [-0.05, 0) is 19.9 Å². The van der Waals surface area contributed by atoms with E-state index in [0.29, 0.717) is 11.6 Å². The first-order valence-corrected chi connectivity index (χ1v) is 8.35. The fourth-order valence-electron chi connectivity index (χ4n) is 2.63. The summed E-state index contributed by atoms with van der Waals surface area (Å²) in [5.41, 5.74) is 2.00. The van der Waals surface area contributed by atoms with E-state index >= 15 is 0 Å². The van der Waals surface area contributed by atoms with E-state index in [2.05, 4.69) is 25.6 Å². The molecule has 0 aliphatic carbocycles. The van der Waals surface area contributed by atoms with Crippen molar-refractivity contribution >= 4 is 34.2 Å². The van der Waals surface area contributed by atoms with Gasteiger partial charge in [0.15, 0.2) is 5.69 Å². The smallest absolute Gasteiger partial charge is 0.322 e. The molecule has 0 saturated carbocycles. The van der Waals surface area contributed by atoms with Gasteiger partial charge in [-0.2, -0.15) is 5.10 Å². The van der Waals surface area contributed by atoms with E-state index in [1.54, 1.807) is 11.7 Å². The first-order chi connectivity index (χ1) is 12.0. The number of fused-ring (bicyclic) bond motifs is 1. The minimum Gasteiger partial charge on any atom is -0.402 e. The van der Waals surface area contributed by atoms with Crippen molar-refractivity contribution in [2.24, 2.45) is 7.05 Å². The minimum absolute atomic E-state index is 0.0280. The molecular weight excluding hydrogens is 340 g/mol. The van der Waals surface area contributed by atoms with E-state index < -0.39 is 5.91 Å². The van der Waals surface area contributed by atoms with Crippen LogP contribution in [0.3, 0.4) is 0 Å². The molecule has 0 aliphatic rings. The predicted octanol–water partition coefficient (Wildman–Crippen LogP) is 2.95. The number of rotatable bonds is 3. The second-order valence-electron chi connectivity index (χ2n) is 5.50. The van der Waals surface area contributed by atoms with E-state index in [-0.39, 0.29) is 6.01 Å². The molecule has 1 N–H and O–H groups in total. The van der Waals surface area contributed by atoms with Gasteiger partial charge in [0.05, 0.1) is 16.2 Å². The molecule has 0 spiro atoms. The third-order valence-corrected chi connectivity index (χ3v) is 4.78. The van der Waals surface area contributed by atoms with E-state index in [0.717, 1.165) is 26.5 Å². The number of benzene rings is 1. The average molecular weight is 354 g/mol. The molecule has 4 rings (SSSR count). The van der Waals surface area contributed by atoms with Crippen molar-refractivity contribution in [1.82, 2.24) is 25.0 Å². The van der Waals surface area contributed by atoms with Crippen LogP contribution in [0.15, 0.2) is 28.7 Å². The van der Waals surface area contributed by atoms with Gasteiger partial charge in [-0.1, -0.05) is 23.3 Å². The highest BCUT2D eigenvalue weighted by Crippen LogP contribution is 2.29. The van der Waals surface area contributed by atoms with Crippen LogP contribution >= 0.6 is 11.3 Å². The number of hydrogen-bond donors (Lipinski definition) is 1. The van der Waals surface area contributed by atoms with Crippen molar-refractivity contribution in [3.05, 3.63) is 40.7 Å². The van der Waals surface area contributed by atoms with Gasteiger partial charge in [0, 0.05) is 12.4 Å². The Balaban J connectivity index is 1.62. The van der Waals surface area contributed by atoms with Gasteiger partial charge in [-0.15, -0.1) is 16.4 Å². The highest BCUT2D eigenvalue weighted by atomic mass is 32.1. The molecule has 4 aromatic rings. The molecular formula is C16H14N6O2S. The maximum Gasteiger partial charge on any atom is 0.322 e. The van der Waals surface area contributed by atoms with Crippen molar-refractivity contribution in [1.29, 1.82) is 0 Å². The molecule has 3 heterocycles. The van der Waals surface area contributed by atoms with Crippen LogP contribution in [-0.2, 0) is 7.05 Å². The van der Waals surface area contributed by atoms with Crippen LogP contribution in [0.25, 0.3) is 21.7 Å². The lowest BCUT2D eigenvalue weighted by Crippen LogP contribution is -2.13. The van der Waals surface area contributed by atoms with Crippen molar-refractivity contribution in [3.63, 3.8) is 0 Å². The SMILES string of the molecule is Cc1nc(C)c(-c2nnc(NC(=O)c3nn(C)c4ccccc34)o2)s1. The van der Waals surface area contributed by atoms with Crippen molar-refractivity contribution in [2.45, 2.75) is 13.8 Å². The zero-order chi connectivity index (χ0) is 17.6.